The predicted molar refractivity (Wildman–Crippen MR) is 116 cm³/mol. The number of anilines is 1. The molecule has 3 N–H and O–H groups in total. The van der Waals surface area contributed by atoms with E-state index in [2.05, 4.69) is 16.0 Å². The van der Waals surface area contributed by atoms with E-state index in [-0.39, 0.29) is 29.3 Å². The van der Waals surface area contributed by atoms with Gasteiger partial charge in [-0.2, -0.15) is 0 Å². The molecule has 0 radical (unpaired) electrons. The highest BCUT2D eigenvalue weighted by Gasteiger charge is 2.29. The molecule has 2 aromatic rings. The van der Waals surface area contributed by atoms with E-state index in [0.717, 1.165) is 31.2 Å². The molecule has 4 rings (SSSR count). The van der Waals surface area contributed by atoms with Gasteiger partial charge in [0.2, 0.25) is 5.91 Å². The molecule has 0 bridgehead atoms. The van der Waals surface area contributed by atoms with Crippen molar-refractivity contribution < 1.29 is 14.4 Å². The Labute approximate surface area is 184 Å². The van der Waals surface area contributed by atoms with Gasteiger partial charge < -0.3 is 16.0 Å². The van der Waals surface area contributed by atoms with Crippen LogP contribution in [0.25, 0.3) is 0 Å². The van der Waals surface area contributed by atoms with E-state index in [1.165, 1.54) is 0 Å². The van der Waals surface area contributed by atoms with Crippen LogP contribution in [0.1, 0.15) is 52.0 Å². The number of halogens is 2. The molecule has 0 atom stereocenters. The summed E-state index contributed by atoms with van der Waals surface area (Å²) in [5, 5.41) is 9.13. The first-order valence-corrected chi connectivity index (χ1v) is 10.6. The minimum Gasteiger partial charge on any atom is -0.352 e. The summed E-state index contributed by atoms with van der Waals surface area (Å²) in [5.74, 6) is -0.512. The van der Waals surface area contributed by atoms with Gasteiger partial charge in [0.1, 0.15) is 0 Å². The molecule has 0 aromatic heterocycles. The van der Waals surface area contributed by atoms with Crippen LogP contribution in [-0.4, -0.2) is 23.8 Å². The molecule has 2 fully saturated rings. The second kappa shape index (κ2) is 8.66. The van der Waals surface area contributed by atoms with Gasteiger partial charge >= 0.3 is 0 Å². The van der Waals surface area contributed by atoms with E-state index in [1.807, 2.05) is 0 Å². The molecule has 2 aromatic carbocycles. The van der Waals surface area contributed by atoms with Crippen LogP contribution < -0.4 is 16.0 Å². The van der Waals surface area contributed by atoms with Crippen LogP contribution in [0.2, 0.25) is 10.0 Å². The molecule has 30 heavy (non-hydrogen) atoms. The highest BCUT2D eigenvalue weighted by atomic mass is 35.5. The molecule has 156 valence electrons. The Morgan fingerprint density at radius 1 is 0.867 bits per heavy atom. The number of hydrogen-bond acceptors (Lipinski definition) is 3. The summed E-state index contributed by atoms with van der Waals surface area (Å²) in [7, 11) is 0. The Kier molecular flexibility index (Phi) is 5.97. The predicted octanol–water partition coefficient (Wildman–Crippen LogP) is 4.16. The average molecular weight is 446 g/mol. The van der Waals surface area contributed by atoms with Crippen molar-refractivity contribution in [3.05, 3.63) is 63.1 Å². The molecule has 8 heteroatoms. The van der Waals surface area contributed by atoms with Crippen LogP contribution in [0.15, 0.2) is 36.4 Å². The van der Waals surface area contributed by atoms with Crippen molar-refractivity contribution in [1.29, 1.82) is 0 Å². The lowest BCUT2D eigenvalue weighted by molar-refractivity contribution is -0.122. The molecule has 0 unspecified atom stereocenters. The van der Waals surface area contributed by atoms with Crippen molar-refractivity contribution in [2.75, 3.05) is 5.32 Å². The van der Waals surface area contributed by atoms with Crippen molar-refractivity contribution in [1.82, 2.24) is 10.6 Å². The summed E-state index contributed by atoms with van der Waals surface area (Å²) in [5.41, 5.74) is 1.81. The normalized spacial score (nSPS) is 15.4. The summed E-state index contributed by atoms with van der Waals surface area (Å²) < 4.78 is 0. The third-order valence-electron chi connectivity index (χ3n) is 5.07. The second-order valence-corrected chi connectivity index (χ2v) is 8.52. The maximum absolute atomic E-state index is 12.8. The van der Waals surface area contributed by atoms with Gasteiger partial charge in [0.05, 0.1) is 21.2 Å². The van der Waals surface area contributed by atoms with E-state index in [9.17, 15) is 14.4 Å². The Balaban J connectivity index is 1.45. The molecule has 3 amide bonds. The summed E-state index contributed by atoms with van der Waals surface area (Å²) in [6.45, 7) is 0.333. The van der Waals surface area contributed by atoms with Gasteiger partial charge in [-0.1, -0.05) is 29.3 Å². The summed E-state index contributed by atoms with van der Waals surface area (Å²) in [4.78, 5) is 36.9. The van der Waals surface area contributed by atoms with Crippen LogP contribution in [-0.2, 0) is 11.3 Å². The monoisotopic (exact) mass is 445 g/mol. The molecule has 0 spiro atoms. The summed E-state index contributed by atoms with van der Waals surface area (Å²) in [6, 6.07) is 10.0. The SMILES string of the molecule is O=C(Nc1ccc(Cl)c(C(=O)NC2CC2)c1)c1cc(CNC(=O)C2CC2)ccc1Cl. The topological polar surface area (TPSA) is 87.3 Å². The molecular weight excluding hydrogens is 425 g/mol. The standard InChI is InChI=1S/C22H21Cl2N3O3/c23-18-7-1-12(11-25-20(28)13-2-3-13)9-16(18)21(29)27-15-6-8-19(24)17(10-15)22(30)26-14-4-5-14/h1,6-10,13-14H,2-5,11H2,(H,25,28)(H,26,30)(H,27,29). The summed E-state index contributed by atoms with van der Waals surface area (Å²) >= 11 is 12.4. The third kappa shape index (κ3) is 5.12. The number of amides is 3. The molecule has 0 aliphatic heterocycles. The van der Waals surface area contributed by atoms with Gasteiger partial charge in [-0.25, -0.2) is 0 Å². The first-order chi connectivity index (χ1) is 14.4. The molecule has 0 saturated heterocycles. The van der Waals surface area contributed by atoms with E-state index in [4.69, 9.17) is 23.2 Å². The van der Waals surface area contributed by atoms with Crippen LogP contribution in [0.4, 0.5) is 5.69 Å². The Morgan fingerprint density at radius 2 is 1.53 bits per heavy atom. The Morgan fingerprint density at radius 3 is 2.20 bits per heavy atom. The number of rotatable bonds is 7. The van der Waals surface area contributed by atoms with E-state index in [0.29, 0.717) is 27.8 Å². The van der Waals surface area contributed by atoms with Gasteiger partial charge in [0.25, 0.3) is 11.8 Å². The highest BCUT2D eigenvalue weighted by molar-refractivity contribution is 6.35. The second-order valence-electron chi connectivity index (χ2n) is 7.70. The molecular formula is C22H21Cl2N3O3. The molecule has 2 aliphatic rings. The first kappa shape index (κ1) is 20.7. The van der Waals surface area contributed by atoms with Crippen molar-refractivity contribution in [3.8, 4) is 0 Å². The number of benzene rings is 2. The fourth-order valence-electron chi connectivity index (χ4n) is 3.00. The molecule has 0 heterocycles. The Hall–Kier alpha value is -2.57. The minimum atomic E-state index is -0.411. The number of carbonyl (C=O) groups is 3. The van der Waals surface area contributed by atoms with Crippen molar-refractivity contribution >= 4 is 46.6 Å². The fraction of sp³-hybridized carbons (Fsp3) is 0.318. The van der Waals surface area contributed by atoms with E-state index in [1.54, 1.807) is 36.4 Å². The van der Waals surface area contributed by atoms with Crippen molar-refractivity contribution in [2.24, 2.45) is 5.92 Å². The largest absolute Gasteiger partial charge is 0.352 e. The van der Waals surface area contributed by atoms with Gasteiger partial charge in [0.15, 0.2) is 0 Å². The van der Waals surface area contributed by atoms with Gasteiger partial charge in [-0.15, -0.1) is 0 Å². The van der Waals surface area contributed by atoms with Gasteiger partial charge in [0, 0.05) is 24.2 Å². The maximum Gasteiger partial charge on any atom is 0.257 e. The minimum absolute atomic E-state index is 0.0362. The highest BCUT2D eigenvalue weighted by Crippen LogP contribution is 2.29. The van der Waals surface area contributed by atoms with Crippen LogP contribution in [0.3, 0.4) is 0 Å². The lowest BCUT2D eigenvalue weighted by atomic mass is 10.1. The molecule has 2 saturated carbocycles. The van der Waals surface area contributed by atoms with Crippen LogP contribution in [0.5, 0.6) is 0 Å². The van der Waals surface area contributed by atoms with E-state index >= 15 is 0 Å². The maximum atomic E-state index is 12.8. The zero-order valence-corrected chi connectivity index (χ0v) is 17.6. The quantitative estimate of drug-likeness (QED) is 0.597. The lowest BCUT2D eigenvalue weighted by Gasteiger charge is -2.12. The third-order valence-corrected chi connectivity index (χ3v) is 5.73. The van der Waals surface area contributed by atoms with Crippen LogP contribution in [0, 0.1) is 5.92 Å². The number of hydrogen-bond donors (Lipinski definition) is 3. The first-order valence-electron chi connectivity index (χ1n) is 9.88. The Bertz CT molecular complexity index is 1020. The zero-order chi connectivity index (χ0) is 21.3. The van der Waals surface area contributed by atoms with E-state index < -0.39 is 5.91 Å². The van der Waals surface area contributed by atoms with Crippen molar-refractivity contribution in [3.63, 3.8) is 0 Å². The summed E-state index contributed by atoms with van der Waals surface area (Å²) in [6.07, 6.45) is 3.80. The van der Waals surface area contributed by atoms with Gasteiger partial charge in [-0.05, 0) is 61.6 Å². The van der Waals surface area contributed by atoms with Crippen molar-refractivity contribution in [2.45, 2.75) is 38.3 Å². The van der Waals surface area contributed by atoms with Gasteiger partial charge in [-0.3, -0.25) is 14.4 Å². The smallest absolute Gasteiger partial charge is 0.257 e. The van der Waals surface area contributed by atoms with Crippen LogP contribution >= 0.6 is 23.2 Å². The molecule has 6 nitrogen and oxygen atoms in total. The zero-order valence-electron chi connectivity index (χ0n) is 16.1. The number of nitrogens with one attached hydrogen (secondary N) is 3. The fourth-order valence-corrected chi connectivity index (χ4v) is 3.41. The average Bonchev–Trinajstić information content (AvgIpc) is 3.62. The molecule has 2 aliphatic carbocycles. The number of carbonyl (C=O) groups excluding carboxylic acids is 3. The lowest BCUT2D eigenvalue weighted by Crippen LogP contribution is -2.26.